The van der Waals surface area contributed by atoms with Crippen LogP contribution in [0.1, 0.15) is 29.3 Å². The second-order valence-corrected chi connectivity index (χ2v) is 6.83. The Morgan fingerprint density at radius 1 is 1.22 bits per heavy atom. The number of rotatable bonds is 7. The summed E-state index contributed by atoms with van der Waals surface area (Å²) in [5, 5.41) is 12.3. The summed E-state index contributed by atoms with van der Waals surface area (Å²) in [7, 11) is 0. The van der Waals surface area contributed by atoms with Crippen molar-refractivity contribution in [1.82, 2.24) is 15.2 Å². The Balaban J connectivity index is 1.66. The molecule has 2 aromatic rings. The minimum Gasteiger partial charge on any atom is -0.396 e. The summed E-state index contributed by atoms with van der Waals surface area (Å²) in [5.41, 5.74) is 1.87. The molecule has 27 heavy (non-hydrogen) atoms. The van der Waals surface area contributed by atoms with Crippen LogP contribution >= 0.6 is 0 Å². The maximum atomic E-state index is 11.9. The van der Waals surface area contributed by atoms with Gasteiger partial charge in [-0.3, -0.25) is 9.69 Å². The lowest BCUT2D eigenvalue weighted by Gasteiger charge is -2.42. The first-order valence-electron chi connectivity index (χ1n) is 9.59. The molecule has 6 heteroatoms. The summed E-state index contributed by atoms with van der Waals surface area (Å²) in [6, 6.07) is 14.4. The van der Waals surface area contributed by atoms with E-state index in [1.54, 1.807) is 6.20 Å². The number of aromatic nitrogens is 1. The highest BCUT2D eigenvalue weighted by molar-refractivity contribution is 5.94. The van der Waals surface area contributed by atoms with Gasteiger partial charge >= 0.3 is 0 Å². The standard InChI is InChI=1S/C21H28N4O2/c1-2-22-21(27)18-8-9-20(23-14-18)25-12-11-24(19(16-25)10-13-26)15-17-6-4-3-5-7-17/h3-9,14,19,26H,2,10-13,15-16H2,1H3,(H,22,27). The number of nitrogens with zero attached hydrogens (tertiary/aromatic N) is 3. The molecular formula is C21H28N4O2. The minimum atomic E-state index is -0.0950. The number of aliphatic hydroxyl groups excluding tert-OH is 1. The molecule has 1 fully saturated rings. The van der Waals surface area contributed by atoms with Gasteiger partial charge in [-0.2, -0.15) is 0 Å². The largest absolute Gasteiger partial charge is 0.396 e. The first-order valence-corrected chi connectivity index (χ1v) is 9.59. The summed E-state index contributed by atoms with van der Waals surface area (Å²) in [6.07, 6.45) is 2.37. The average molecular weight is 368 g/mol. The fourth-order valence-electron chi connectivity index (χ4n) is 3.52. The molecular weight excluding hydrogens is 340 g/mol. The molecule has 3 rings (SSSR count). The second-order valence-electron chi connectivity index (χ2n) is 6.83. The summed E-state index contributed by atoms with van der Waals surface area (Å²) in [4.78, 5) is 21.1. The fraction of sp³-hybridized carbons (Fsp3) is 0.429. The molecule has 0 radical (unpaired) electrons. The molecule has 0 spiro atoms. The molecule has 1 amide bonds. The van der Waals surface area contributed by atoms with Gasteiger partial charge in [0.15, 0.2) is 0 Å². The molecule has 1 aromatic heterocycles. The van der Waals surface area contributed by atoms with Crippen LogP contribution in [0.15, 0.2) is 48.7 Å². The van der Waals surface area contributed by atoms with E-state index >= 15 is 0 Å². The molecule has 0 bridgehead atoms. The highest BCUT2D eigenvalue weighted by Gasteiger charge is 2.27. The smallest absolute Gasteiger partial charge is 0.252 e. The highest BCUT2D eigenvalue weighted by atomic mass is 16.3. The predicted octanol–water partition coefficient (Wildman–Crippen LogP) is 1.90. The Labute approximate surface area is 160 Å². The first kappa shape index (κ1) is 19.3. The number of hydrogen-bond acceptors (Lipinski definition) is 5. The van der Waals surface area contributed by atoms with E-state index in [4.69, 9.17) is 0 Å². The molecule has 0 aliphatic carbocycles. The number of carbonyl (C=O) groups is 1. The molecule has 1 saturated heterocycles. The summed E-state index contributed by atoms with van der Waals surface area (Å²) >= 11 is 0. The Morgan fingerprint density at radius 2 is 2.04 bits per heavy atom. The van der Waals surface area contributed by atoms with Gasteiger partial charge in [0.1, 0.15) is 5.82 Å². The molecule has 2 N–H and O–H groups in total. The Bertz CT molecular complexity index is 721. The van der Waals surface area contributed by atoms with Gasteiger partial charge in [-0.15, -0.1) is 0 Å². The monoisotopic (exact) mass is 368 g/mol. The number of amides is 1. The SMILES string of the molecule is CCNC(=O)c1ccc(N2CCN(Cc3ccccc3)C(CCO)C2)nc1. The van der Waals surface area contributed by atoms with Crippen molar-refractivity contribution < 1.29 is 9.90 Å². The normalized spacial score (nSPS) is 17.7. The number of benzene rings is 1. The van der Waals surface area contributed by atoms with Crippen LogP contribution in [0.4, 0.5) is 5.82 Å². The van der Waals surface area contributed by atoms with Crippen molar-refractivity contribution in [1.29, 1.82) is 0 Å². The third-order valence-corrected chi connectivity index (χ3v) is 4.97. The number of pyridine rings is 1. The van der Waals surface area contributed by atoms with Crippen LogP contribution in [0.2, 0.25) is 0 Å². The van der Waals surface area contributed by atoms with Crippen molar-refractivity contribution in [2.75, 3.05) is 37.7 Å². The van der Waals surface area contributed by atoms with Gasteiger partial charge in [0.05, 0.1) is 5.56 Å². The molecule has 6 nitrogen and oxygen atoms in total. The van der Waals surface area contributed by atoms with E-state index in [1.807, 2.05) is 25.1 Å². The van der Waals surface area contributed by atoms with Gasteiger partial charge in [-0.1, -0.05) is 30.3 Å². The molecule has 0 saturated carbocycles. The van der Waals surface area contributed by atoms with Crippen molar-refractivity contribution in [2.45, 2.75) is 25.9 Å². The van der Waals surface area contributed by atoms with Gasteiger partial charge in [-0.25, -0.2) is 4.98 Å². The number of aliphatic hydroxyl groups is 1. The van der Waals surface area contributed by atoms with E-state index in [0.717, 1.165) is 38.4 Å². The van der Waals surface area contributed by atoms with Crippen LogP contribution in [0.3, 0.4) is 0 Å². The van der Waals surface area contributed by atoms with E-state index in [0.29, 0.717) is 12.1 Å². The molecule has 1 aliphatic rings. The van der Waals surface area contributed by atoms with Gasteiger partial charge in [0, 0.05) is 51.6 Å². The average Bonchev–Trinajstić information content (AvgIpc) is 2.70. The number of hydrogen-bond donors (Lipinski definition) is 2. The topological polar surface area (TPSA) is 68.7 Å². The molecule has 2 heterocycles. The zero-order valence-electron chi connectivity index (χ0n) is 15.8. The van der Waals surface area contributed by atoms with Crippen molar-refractivity contribution in [3.63, 3.8) is 0 Å². The molecule has 1 unspecified atom stereocenters. The zero-order valence-corrected chi connectivity index (χ0v) is 15.8. The van der Waals surface area contributed by atoms with E-state index in [1.165, 1.54) is 5.56 Å². The lowest BCUT2D eigenvalue weighted by Crippen LogP contribution is -2.53. The number of nitrogens with one attached hydrogen (secondary N) is 1. The van der Waals surface area contributed by atoms with Crippen LogP contribution in [0, 0.1) is 0 Å². The van der Waals surface area contributed by atoms with Gasteiger partial charge in [0.25, 0.3) is 5.91 Å². The summed E-state index contributed by atoms with van der Waals surface area (Å²) in [6.45, 7) is 6.18. The molecule has 1 atom stereocenters. The van der Waals surface area contributed by atoms with Crippen LogP contribution in [-0.4, -0.2) is 59.7 Å². The van der Waals surface area contributed by atoms with Gasteiger partial charge in [0.2, 0.25) is 0 Å². The van der Waals surface area contributed by atoms with Crippen LogP contribution in [0.25, 0.3) is 0 Å². The fourth-order valence-corrected chi connectivity index (χ4v) is 3.52. The van der Waals surface area contributed by atoms with E-state index in [2.05, 4.69) is 44.4 Å². The van der Waals surface area contributed by atoms with Gasteiger partial charge in [-0.05, 0) is 31.0 Å². The lowest BCUT2D eigenvalue weighted by molar-refractivity contribution is 0.0955. The van der Waals surface area contributed by atoms with Gasteiger partial charge < -0.3 is 15.3 Å². The van der Waals surface area contributed by atoms with Crippen molar-refractivity contribution in [2.24, 2.45) is 0 Å². The van der Waals surface area contributed by atoms with E-state index in [-0.39, 0.29) is 18.6 Å². The Hall–Kier alpha value is -2.44. The van der Waals surface area contributed by atoms with Crippen LogP contribution < -0.4 is 10.2 Å². The van der Waals surface area contributed by atoms with E-state index in [9.17, 15) is 9.90 Å². The van der Waals surface area contributed by atoms with Crippen molar-refractivity contribution in [3.8, 4) is 0 Å². The van der Waals surface area contributed by atoms with E-state index < -0.39 is 0 Å². The quantitative estimate of drug-likeness (QED) is 0.781. The van der Waals surface area contributed by atoms with Crippen molar-refractivity contribution >= 4 is 11.7 Å². The minimum absolute atomic E-state index is 0.0950. The lowest BCUT2D eigenvalue weighted by atomic mass is 10.1. The zero-order chi connectivity index (χ0) is 19.1. The third-order valence-electron chi connectivity index (χ3n) is 4.97. The number of piperazine rings is 1. The molecule has 1 aliphatic heterocycles. The molecule has 144 valence electrons. The molecule has 1 aromatic carbocycles. The van der Waals surface area contributed by atoms with Crippen LogP contribution in [-0.2, 0) is 6.54 Å². The summed E-state index contributed by atoms with van der Waals surface area (Å²) in [5.74, 6) is 0.785. The predicted molar refractivity (Wildman–Crippen MR) is 107 cm³/mol. The second kappa shape index (κ2) is 9.48. The maximum Gasteiger partial charge on any atom is 0.252 e. The number of anilines is 1. The Kier molecular flexibility index (Phi) is 6.79. The summed E-state index contributed by atoms with van der Waals surface area (Å²) < 4.78 is 0. The number of carbonyl (C=O) groups excluding carboxylic acids is 1. The van der Waals surface area contributed by atoms with Crippen molar-refractivity contribution in [3.05, 3.63) is 59.8 Å². The highest BCUT2D eigenvalue weighted by Crippen LogP contribution is 2.21. The Morgan fingerprint density at radius 3 is 2.70 bits per heavy atom. The van der Waals surface area contributed by atoms with Crippen LogP contribution in [0.5, 0.6) is 0 Å². The third kappa shape index (κ3) is 5.05. The first-order chi connectivity index (χ1) is 13.2. The maximum absolute atomic E-state index is 11.9.